The molecule has 102 valence electrons. The molecule has 0 saturated heterocycles. The maximum atomic E-state index is 11.3. The number of rotatable bonds is 5. The molecular formula is C12H17ClO4S. The molecule has 0 saturated carbocycles. The zero-order valence-electron chi connectivity index (χ0n) is 10.9. The minimum Gasteiger partial charge on any atom is -0.491 e. The summed E-state index contributed by atoms with van der Waals surface area (Å²) in [4.78, 5) is 0.119. The predicted molar refractivity (Wildman–Crippen MR) is 70.9 cm³/mol. The fourth-order valence-electron chi connectivity index (χ4n) is 1.47. The number of ether oxygens (including phenoxy) is 2. The van der Waals surface area contributed by atoms with Gasteiger partial charge >= 0.3 is 0 Å². The van der Waals surface area contributed by atoms with Crippen LogP contribution in [-0.2, 0) is 13.8 Å². The number of hydrogen-bond donors (Lipinski definition) is 0. The highest BCUT2D eigenvalue weighted by atomic mass is 35.7. The zero-order chi connectivity index (χ0) is 13.9. The highest BCUT2D eigenvalue weighted by Crippen LogP contribution is 2.29. The topological polar surface area (TPSA) is 52.6 Å². The largest absolute Gasteiger partial charge is 0.491 e. The summed E-state index contributed by atoms with van der Waals surface area (Å²) in [6.07, 6.45) is -0.0267. The summed E-state index contributed by atoms with van der Waals surface area (Å²) in [6, 6.07) is 3.07. The van der Waals surface area contributed by atoms with E-state index in [0.29, 0.717) is 17.9 Å². The lowest BCUT2D eigenvalue weighted by atomic mass is 10.1. The molecule has 0 aliphatic rings. The molecule has 0 spiro atoms. The summed E-state index contributed by atoms with van der Waals surface area (Å²) in [5.74, 6) is 0.639. The number of benzene rings is 1. The van der Waals surface area contributed by atoms with Gasteiger partial charge in [0.25, 0.3) is 9.05 Å². The van der Waals surface area contributed by atoms with E-state index in [4.69, 9.17) is 20.2 Å². The van der Waals surface area contributed by atoms with Crippen LogP contribution >= 0.6 is 10.7 Å². The second-order valence-corrected chi connectivity index (χ2v) is 6.64. The first-order chi connectivity index (χ1) is 8.27. The molecular weight excluding hydrogens is 276 g/mol. The Labute approximate surface area is 112 Å². The summed E-state index contributed by atoms with van der Waals surface area (Å²) in [7, 11) is 3.24. The van der Waals surface area contributed by atoms with Crippen LogP contribution in [0.4, 0.5) is 0 Å². The van der Waals surface area contributed by atoms with Gasteiger partial charge in [0.05, 0.1) is 11.0 Å². The molecule has 4 nitrogen and oxygen atoms in total. The summed E-state index contributed by atoms with van der Waals surface area (Å²) < 4.78 is 33.3. The molecule has 18 heavy (non-hydrogen) atoms. The van der Waals surface area contributed by atoms with E-state index in [1.165, 1.54) is 6.07 Å². The monoisotopic (exact) mass is 292 g/mol. The molecule has 0 amide bonds. The first-order valence-corrected chi connectivity index (χ1v) is 7.78. The Bertz CT molecular complexity index is 525. The van der Waals surface area contributed by atoms with Crippen molar-refractivity contribution >= 4 is 19.7 Å². The van der Waals surface area contributed by atoms with Crippen LogP contribution in [0.25, 0.3) is 0 Å². The maximum absolute atomic E-state index is 11.3. The first kappa shape index (κ1) is 15.3. The van der Waals surface area contributed by atoms with E-state index in [-0.39, 0.29) is 11.0 Å². The van der Waals surface area contributed by atoms with Crippen LogP contribution in [0.1, 0.15) is 18.1 Å². The van der Waals surface area contributed by atoms with Crippen LogP contribution < -0.4 is 4.74 Å². The van der Waals surface area contributed by atoms with Gasteiger partial charge in [0.15, 0.2) is 0 Å². The Balaban J connectivity index is 3.02. The van der Waals surface area contributed by atoms with Gasteiger partial charge in [-0.15, -0.1) is 0 Å². The van der Waals surface area contributed by atoms with Gasteiger partial charge in [-0.05, 0) is 44.0 Å². The van der Waals surface area contributed by atoms with Gasteiger partial charge in [-0.2, -0.15) is 0 Å². The van der Waals surface area contributed by atoms with Crippen molar-refractivity contribution in [1.29, 1.82) is 0 Å². The lowest BCUT2D eigenvalue weighted by Crippen LogP contribution is -2.16. The van der Waals surface area contributed by atoms with E-state index < -0.39 is 9.05 Å². The lowest BCUT2D eigenvalue weighted by Gasteiger charge is -2.15. The summed E-state index contributed by atoms with van der Waals surface area (Å²) >= 11 is 0. The predicted octanol–water partition coefficient (Wildman–Crippen LogP) is 2.64. The minimum absolute atomic E-state index is 0.0267. The highest BCUT2D eigenvalue weighted by Gasteiger charge is 2.17. The second-order valence-electron chi connectivity index (χ2n) is 4.11. The number of halogens is 1. The first-order valence-electron chi connectivity index (χ1n) is 5.47. The summed E-state index contributed by atoms with van der Waals surface area (Å²) in [6.45, 7) is 5.80. The van der Waals surface area contributed by atoms with Crippen LogP contribution in [0, 0.1) is 13.8 Å². The lowest BCUT2D eigenvalue weighted by molar-refractivity contribution is 0.0714. The molecule has 6 heteroatoms. The second kappa shape index (κ2) is 5.91. The van der Waals surface area contributed by atoms with Gasteiger partial charge in [0.1, 0.15) is 12.4 Å². The zero-order valence-corrected chi connectivity index (χ0v) is 12.4. The van der Waals surface area contributed by atoms with Crippen molar-refractivity contribution in [2.75, 3.05) is 13.7 Å². The van der Waals surface area contributed by atoms with Gasteiger partial charge < -0.3 is 9.47 Å². The van der Waals surface area contributed by atoms with Gasteiger partial charge in [-0.1, -0.05) is 0 Å². The van der Waals surface area contributed by atoms with Crippen molar-refractivity contribution in [2.24, 2.45) is 0 Å². The van der Waals surface area contributed by atoms with Crippen molar-refractivity contribution in [3.8, 4) is 5.75 Å². The molecule has 1 aromatic rings. The van der Waals surface area contributed by atoms with Crippen molar-refractivity contribution in [3.63, 3.8) is 0 Å². The molecule has 0 radical (unpaired) electrons. The van der Waals surface area contributed by atoms with Gasteiger partial charge in [0, 0.05) is 17.8 Å². The molecule has 0 bridgehead atoms. The van der Waals surface area contributed by atoms with Crippen LogP contribution in [0.2, 0.25) is 0 Å². The molecule has 0 fully saturated rings. The molecule has 0 heterocycles. The van der Waals surface area contributed by atoms with E-state index >= 15 is 0 Å². The molecule has 1 aromatic carbocycles. The minimum atomic E-state index is -3.72. The van der Waals surface area contributed by atoms with Crippen molar-refractivity contribution < 1.29 is 17.9 Å². The molecule has 0 aromatic heterocycles. The Morgan fingerprint density at radius 1 is 1.28 bits per heavy atom. The third kappa shape index (κ3) is 3.60. The molecule has 1 rings (SSSR count). The standard InChI is InChI=1S/C12H17ClO4S/c1-8(16-4)7-17-11-5-6-12(18(13,14)15)10(3)9(11)2/h5-6,8H,7H2,1-4H3. The van der Waals surface area contributed by atoms with Gasteiger partial charge in [-0.3, -0.25) is 0 Å². The normalized spacial score (nSPS) is 13.4. The number of methoxy groups -OCH3 is 1. The third-order valence-electron chi connectivity index (χ3n) is 2.83. The molecule has 0 aliphatic carbocycles. The Hall–Kier alpha value is -0.780. The summed E-state index contributed by atoms with van der Waals surface area (Å²) in [5.41, 5.74) is 1.37. The average molecular weight is 293 g/mol. The van der Waals surface area contributed by atoms with Crippen LogP contribution in [0.3, 0.4) is 0 Å². The van der Waals surface area contributed by atoms with Crippen LogP contribution in [-0.4, -0.2) is 28.2 Å². The van der Waals surface area contributed by atoms with E-state index in [0.717, 1.165) is 5.56 Å². The van der Waals surface area contributed by atoms with Crippen LogP contribution in [0.5, 0.6) is 5.75 Å². The Morgan fingerprint density at radius 2 is 1.89 bits per heavy atom. The SMILES string of the molecule is COC(C)COc1ccc(S(=O)(=O)Cl)c(C)c1C. The smallest absolute Gasteiger partial charge is 0.261 e. The van der Waals surface area contributed by atoms with Crippen LogP contribution in [0.15, 0.2) is 17.0 Å². The highest BCUT2D eigenvalue weighted by molar-refractivity contribution is 8.13. The molecule has 1 atom stereocenters. The van der Waals surface area contributed by atoms with E-state index in [1.54, 1.807) is 27.0 Å². The van der Waals surface area contributed by atoms with Crippen molar-refractivity contribution in [2.45, 2.75) is 31.8 Å². The molecule has 0 aliphatic heterocycles. The fraction of sp³-hybridized carbons (Fsp3) is 0.500. The van der Waals surface area contributed by atoms with Crippen molar-refractivity contribution in [1.82, 2.24) is 0 Å². The Kier molecular flexibility index (Phi) is 5.01. The van der Waals surface area contributed by atoms with Crippen molar-refractivity contribution in [3.05, 3.63) is 23.3 Å². The summed E-state index contributed by atoms with van der Waals surface area (Å²) in [5, 5.41) is 0. The van der Waals surface area contributed by atoms with E-state index in [9.17, 15) is 8.42 Å². The quantitative estimate of drug-likeness (QED) is 0.783. The third-order valence-corrected chi connectivity index (χ3v) is 4.29. The fourth-order valence-corrected chi connectivity index (χ4v) is 2.72. The number of hydrogen-bond acceptors (Lipinski definition) is 4. The molecule has 0 N–H and O–H groups in total. The molecule has 1 unspecified atom stereocenters. The van der Waals surface area contributed by atoms with Gasteiger partial charge in [-0.25, -0.2) is 8.42 Å². The maximum Gasteiger partial charge on any atom is 0.261 e. The van der Waals surface area contributed by atoms with E-state index in [1.807, 2.05) is 6.92 Å². The van der Waals surface area contributed by atoms with E-state index in [2.05, 4.69) is 0 Å². The van der Waals surface area contributed by atoms with Gasteiger partial charge in [0.2, 0.25) is 0 Å². The Morgan fingerprint density at radius 3 is 2.39 bits per heavy atom. The average Bonchev–Trinajstić information content (AvgIpc) is 2.28.